The number of imide groups is 2. The van der Waals surface area contributed by atoms with Crippen LogP contribution in [0.2, 0.25) is 5.02 Å². The van der Waals surface area contributed by atoms with Gasteiger partial charge in [0.15, 0.2) is 10.4 Å². The fraction of sp³-hybridized carbons (Fsp3) is 0.0909. The fourth-order valence-electron chi connectivity index (χ4n) is 1.43. The van der Waals surface area contributed by atoms with Crippen LogP contribution in [0, 0.1) is 0 Å². The molecule has 9 heteroatoms. The summed E-state index contributed by atoms with van der Waals surface area (Å²) in [5.74, 6) is -1.46. The standard InChI is InChI=1S/C11H9ClN4O3S/c12-5-2-1-3-6(4-5)14-10(13)20-7-8(17)15-11(19)16-9(7)18/h1-4,7H,(H2,13,14)(H2,15,16,17,18,19). The van der Waals surface area contributed by atoms with E-state index >= 15 is 0 Å². The first-order chi connectivity index (χ1) is 9.45. The summed E-state index contributed by atoms with van der Waals surface area (Å²) in [5.41, 5.74) is 6.17. The van der Waals surface area contributed by atoms with Gasteiger partial charge < -0.3 is 5.73 Å². The van der Waals surface area contributed by atoms with Crippen LogP contribution in [-0.4, -0.2) is 28.3 Å². The largest absolute Gasteiger partial charge is 0.378 e. The lowest BCUT2D eigenvalue weighted by atomic mass is 10.3. The third kappa shape index (κ3) is 3.49. The predicted molar refractivity (Wildman–Crippen MR) is 75.8 cm³/mol. The molecule has 4 amide bonds. The molecule has 1 aromatic rings. The van der Waals surface area contributed by atoms with E-state index in [1.54, 1.807) is 24.3 Å². The van der Waals surface area contributed by atoms with Crippen LogP contribution < -0.4 is 16.4 Å². The monoisotopic (exact) mass is 312 g/mol. The van der Waals surface area contributed by atoms with E-state index in [0.717, 1.165) is 11.8 Å². The SMILES string of the molecule is NC(=Nc1cccc(Cl)c1)SC1C(=O)NC(=O)NC1=O. The van der Waals surface area contributed by atoms with E-state index in [9.17, 15) is 14.4 Å². The van der Waals surface area contributed by atoms with Gasteiger partial charge >= 0.3 is 6.03 Å². The topological polar surface area (TPSA) is 114 Å². The summed E-state index contributed by atoms with van der Waals surface area (Å²) in [5, 5.41) is 3.29. The second-order valence-corrected chi connectivity index (χ2v) is 5.30. The van der Waals surface area contributed by atoms with Gasteiger partial charge in [0.1, 0.15) is 0 Å². The Labute approximate surface area is 122 Å². The number of urea groups is 1. The summed E-state index contributed by atoms with van der Waals surface area (Å²) in [7, 11) is 0. The summed E-state index contributed by atoms with van der Waals surface area (Å²) < 4.78 is 0. The summed E-state index contributed by atoms with van der Waals surface area (Å²) in [6.45, 7) is 0. The Bertz CT molecular complexity index is 599. The Morgan fingerprint density at radius 1 is 1.25 bits per heavy atom. The van der Waals surface area contributed by atoms with Crippen LogP contribution in [0.15, 0.2) is 29.3 Å². The smallest absolute Gasteiger partial charge is 0.328 e. The molecule has 1 aliphatic rings. The Hall–Kier alpha value is -2.06. The van der Waals surface area contributed by atoms with Gasteiger partial charge in [-0.1, -0.05) is 29.4 Å². The number of carbonyl (C=O) groups excluding carboxylic acids is 3. The lowest BCUT2D eigenvalue weighted by Gasteiger charge is -2.19. The van der Waals surface area contributed by atoms with Gasteiger partial charge in [0.2, 0.25) is 0 Å². The third-order valence-corrected chi connectivity index (χ3v) is 3.47. The number of thioether (sulfide) groups is 1. The number of nitrogens with two attached hydrogens (primary N) is 1. The number of barbiturate groups is 1. The molecule has 0 aromatic heterocycles. The number of carbonyl (C=O) groups is 3. The maximum Gasteiger partial charge on any atom is 0.328 e. The Morgan fingerprint density at radius 2 is 1.90 bits per heavy atom. The normalized spacial score (nSPS) is 16.9. The number of hydrogen-bond donors (Lipinski definition) is 3. The molecule has 0 saturated carbocycles. The number of benzene rings is 1. The Kier molecular flexibility index (Phi) is 4.26. The summed E-state index contributed by atoms with van der Waals surface area (Å²) in [6.07, 6.45) is 0. The first-order valence-electron chi connectivity index (χ1n) is 5.38. The molecule has 20 heavy (non-hydrogen) atoms. The maximum absolute atomic E-state index is 11.5. The second kappa shape index (κ2) is 5.93. The molecule has 0 atom stereocenters. The van der Waals surface area contributed by atoms with Gasteiger partial charge in [0.25, 0.3) is 11.8 Å². The van der Waals surface area contributed by atoms with Crippen LogP contribution in [-0.2, 0) is 9.59 Å². The maximum atomic E-state index is 11.5. The van der Waals surface area contributed by atoms with E-state index in [1.807, 2.05) is 10.6 Å². The van der Waals surface area contributed by atoms with Crippen LogP contribution in [0.5, 0.6) is 0 Å². The van der Waals surface area contributed by atoms with Gasteiger partial charge in [-0.15, -0.1) is 0 Å². The highest BCUT2D eigenvalue weighted by molar-refractivity contribution is 8.15. The molecule has 104 valence electrons. The van der Waals surface area contributed by atoms with Gasteiger partial charge in [-0.3, -0.25) is 20.2 Å². The number of hydrogen-bond acceptors (Lipinski definition) is 5. The lowest BCUT2D eigenvalue weighted by Crippen LogP contribution is -2.57. The number of amidine groups is 1. The Balaban J connectivity index is 2.11. The molecule has 0 aliphatic carbocycles. The van der Waals surface area contributed by atoms with Crippen molar-refractivity contribution in [3.8, 4) is 0 Å². The zero-order valence-corrected chi connectivity index (χ0v) is 11.5. The van der Waals surface area contributed by atoms with Crippen molar-refractivity contribution >= 4 is 52.1 Å². The highest BCUT2D eigenvalue weighted by Crippen LogP contribution is 2.21. The zero-order chi connectivity index (χ0) is 14.7. The number of amides is 4. The summed E-state index contributed by atoms with van der Waals surface area (Å²) in [4.78, 5) is 37.9. The number of halogens is 1. The van der Waals surface area contributed by atoms with E-state index in [2.05, 4.69) is 4.99 Å². The van der Waals surface area contributed by atoms with Crippen molar-refractivity contribution in [2.24, 2.45) is 10.7 Å². The number of aliphatic imine (C=N–C) groups is 1. The predicted octanol–water partition coefficient (Wildman–Crippen LogP) is 0.754. The molecule has 1 heterocycles. The van der Waals surface area contributed by atoms with Crippen molar-refractivity contribution in [2.45, 2.75) is 5.25 Å². The minimum absolute atomic E-state index is 0.0110. The zero-order valence-electron chi connectivity index (χ0n) is 9.92. The van der Waals surface area contributed by atoms with Crippen LogP contribution in [0.1, 0.15) is 0 Å². The first-order valence-corrected chi connectivity index (χ1v) is 6.63. The van der Waals surface area contributed by atoms with Gasteiger partial charge in [0, 0.05) is 5.02 Å². The van der Waals surface area contributed by atoms with Crippen LogP contribution >= 0.6 is 23.4 Å². The summed E-state index contributed by atoms with van der Waals surface area (Å²) in [6, 6.07) is 5.78. The molecule has 4 N–H and O–H groups in total. The minimum Gasteiger partial charge on any atom is -0.378 e. The quantitative estimate of drug-likeness (QED) is 0.424. The number of nitrogens with zero attached hydrogens (tertiary/aromatic N) is 1. The van der Waals surface area contributed by atoms with Crippen molar-refractivity contribution in [3.05, 3.63) is 29.3 Å². The van der Waals surface area contributed by atoms with Crippen LogP contribution in [0.3, 0.4) is 0 Å². The van der Waals surface area contributed by atoms with E-state index < -0.39 is 23.1 Å². The van der Waals surface area contributed by atoms with Gasteiger partial charge in [-0.05, 0) is 18.2 Å². The van der Waals surface area contributed by atoms with Gasteiger partial charge in [-0.25, -0.2) is 9.79 Å². The van der Waals surface area contributed by atoms with E-state index in [-0.39, 0.29) is 5.17 Å². The molecule has 1 saturated heterocycles. The van der Waals surface area contributed by atoms with E-state index in [4.69, 9.17) is 17.3 Å². The van der Waals surface area contributed by atoms with E-state index in [1.165, 1.54) is 0 Å². The van der Waals surface area contributed by atoms with E-state index in [0.29, 0.717) is 10.7 Å². The molecule has 0 spiro atoms. The molecule has 0 radical (unpaired) electrons. The average Bonchev–Trinajstić information content (AvgIpc) is 2.33. The molecule has 7 nitrogen and oxygen atoms in total. The summed E-state index contributed by atoms with van der Waals surface area (Å²) >= 11 is 6.55. The number of nitrogens with one attached hydrogen (secondary N) is 2. The third-order valence-electron chi connectivity index (χ3n) is 2.24. The molecule has 1 aliphatic heterocycles. The highest BCUT2D eigenvalue weighted by atomic mass is 35.5. The van der Waals surface area contributed by atoms with Crippen molar-refractivity contribution in [2.75, 3.05) is 0 Å². The van der Waals surface area contributed by atoms with Crippen molar-refractivity contribution in [1.82, 2.24) is 10.6 Å². The molecule has 1 fully saturated rings. The van der Waals surface area contributed by atoms with Crippen LogP contribution in [0.4, 0.5) is 10.5 Å². The van der Waals surface area contributed by atoms with Gasteiger partial charge in [0.05, 0.1) is 5.69 Å². The second-order valence-electron chi connectivity index (χ2n) is 3.74. The molecular weight excluding hydrogens is 304 g/mol. The van der Waals surface area contributed by atoms with Crippen LogP contribution in [0.25, 0.3) is 0 Å². The van der Waals surface area contributed by atoms with Crippen molar-refractivity contribution in [1.29, 1.82) is 0 Å². The molecule has 0 bridgehead atoms. The molecule has 1 aromatic carbocycles. The minimum atomic E-state index is -1.16. The average molecular weight is 313 g/mol. The lowest BCUT2D eigenvalue weighted by molar-refractivity contribution is -0.128. The Morgan fingerprint density at radius 3 is 2.50 bits per heavy atom. The first kappa shape index (κ1) is 14.4. The molecule has 2 rings (SSSR count). The van der Waals surface area contributed by atoms with Gasteiger partial charge in [-0.2, -0.15) is 0 Å². The molecular formula is C11H9ClN4O3S. The fourth-order valence-corrected chi connectivity index (χ4v) is 2.35. The highest BCUT2D eigenvalue weighted by Gasteiger charge is 2.35. The van der Waals surface area contributed by atoms with Crippen molar-refractivity contribution in [3.63, 3.8) is 0 Å². The number of rotatable bonds is 2. The van der Waals surface area contributed by atoms with Crippen molar-refractivity contribution < 1.29 is 14.4 Å². The molecule has 0 unspecified atom stereocenters.